The summed E-state index contributed by atoms with van der Waals surface area (Å²) in [5.74, 6) is -0.497. The molecule has 3 N–H and O–H groups in total. The predicted octanol–water partition coefficient (Wildman–Crippen LogP) is 4.55. The number of benzene rings is 2. The van der Waals surface area contributed by atoms with Crippen LogP contribution in [-0.2, 0) is 17.6 Å². The van der Waals surface area contributed by atoms with Gasteiger partial charge in [0.2, 0.25) is 5.95 Å². The Kier molecular flexibility index (Phi) is 8.69. The van der Waals surface area contributed by atoms with Crippen molar-refractivity contribution < 1.29 is 13.9 Å². The largest absolute Gasteiger partial charge is 0.383 e. The maximum atomic E-state index is 14.7. The van der Waals surface area contributed by atoms with Crippen LogP contribution in [0.5, 0.6) is 0 Å². The lowest BCUT2D eigenvalue weighted by molar-refractivity contribution is 0.0956. The zero-order chi connectivity index (χ0) is 25.5. The van der Waals surface area contributed by atoms with Crippen LogP contribution in [0.4, 0.5) is 27.5 Å². The van der Waals surface area contributed by atoms with Gasteiger partial charge in [0.25, 0.3) is 5.91 Å². The summed E-state index contributed by atoms with van der Waals surface area (Å²) in [7, 11) is 1.72. The number of rotatable bonds is 9. The Morgan fingerprint density at radius 2 is 1.97 bits per heavy atom. The van der Waals surface area contributed by atoms with Crippen LogP contribution >= 0.6 is 11.6 Å². The summed E-state index contributed by atoms with van der Waals surface area (Å²) in [6.45, 7) is 5.85. The third kappa shape index (κ3) is 6.29. The average molecular weight is 513 g/mol. The van der Waals surface area contributed by atoms with Crippen molar-refractivity contribution in [1.29, 1.82) is 0 Å². The summed E-state index contributed by atoms with van der Waals surface area (Å²) >= 11 is 6.31. The second-order valence-corrected chi connectivity index (χ2v) is 8.89. The number of methoxy groups -OCH3 is 1. The molecule has 0 aliphatic carbocycles. The van der Waals surface area contributed by atoms with Crippen LogP contribution in [-0.4, -0.2) is 60.7 Å². The molecular formula is C26H30ClFN6O2. The van der Waals surface area contributed by atoms with E-state index >= 15 is 0 Å². The van der Waals surface area contributed by atoms with Gasteiger partial charge in [-0.15, -0.1) is 0 Å². The molecule has 190 valence electrons. The molecule has 4 rings (SSSR count). The van der Waals surface area contributed by atoms with Crippen molar-refractivity contribution in [2.75, 3.05) is 50.5 Å². The van der Waals surface area contributed by atoms with Gasteiger partial charge in [0, 0.05) is 39.0 Å². The molecule has 1 aromatic heterocycles. The van der Waals surface area contributed by atoms with Crippen LogP contribution in [0.3, 0.4) is 0 Å². The lowest BCUT2D eigenvalue weighted by atomic mass is 10.0. The van der Waals surface area contributed by atoms with Crippen molar-refractivity contribution in [3.63, 3.8) is 0 Å². The first-order valence-electron chi connectivity index (χ1n) is 11.9. The number of fused-ring (bicyclic) bond motifs is 1. The normalized spacial score (nSPS) is 13.6. The van der Waals surface area contributed by atoms with E-state index in [-0.39, 0.29) is 22.1 Å². The van der Waals surface area contributed by atoms with Crippen molar-refractivity contribution in [3.05, 3.63) is 70.1 Å². The highest BCUT2D eigenvalue weighted by atomic mass is 35.5. The van der Waals surface area contributed by atoms with Crippen molar-refractivity contribution in [1.82, 2.24) is 20.2 Å². The second-order valence-electron chi connectivity index (χ2n) is 8.48. The van der Waals surface area contributed by atoms with Gasteiger partial charge in [-0.2, -0.15) is 4.98 Å². The first kappa shape index (κ1) is 25.8. The monoisotopic (exact) mass is 512 g/mol. The van der Waals surface area contributed by atoms with Crippen LogP contribution in [0.15, 0.2) is 42.6 Å². The number of ether oxygens (including phenoxy) is 1. The van der Waals surface area contributed by atoms with Crippen LogP contribution in [0.1, 0.15) is 28.4 Å². The minimum absolute atomic E-state index is 0.00180. The van der Waals surface area contributed by atoms with Gasteiger partial charge in [-0.1, -0.05) is 23.7 Å². The lowest BCUT2D eigenvalue weighted by Crippen LogP contribution is -2.29. The van der Waals surface area contributed by atoms with E-state index in [0.29, 0.717) is 12.5 Å². The van der Waals surface area contributed by atoms with E-state index in [1.54, 1.807) is 14.0 Å². The van der Waals surface area contributed by atoms with E-state index in [4.69, 9.17) is 16.3 Å². The molecule has 0 spiro atoms. The highest BCUT2D eigenvalue weighted by molar-refractivity contribution is 6.33. The van der Waals surface area contributed by atoms with Gasteiger partial charge in [-0.3, -0.25) is 4.79 Å². The molecule has 1 aliphatic rings. The van der Waals surface area contributed by atoms with Gasteiger partial charge >= 0.3 is 0 Å². The number of halogens is 2. The van der Waals surface area contributed by atoms with E-state index in [2.05, 4.69) is 43.0 Å². The molecule has 1 amide bonds. The standard InChI is InChI=1S/C26H30ClFN6O2/c1-3-29-25(35)20-5-4-6-22(28)23(20)32-24-21(27)16-30-26(33-24)31-19-8-7-17-9-11-34(13-14-36-2)12-10-18(17)15-19/h4-8,15-16H,3,9-14H2,1-2H3,(H,29,35)(H2,30,31,32,33). The van der Waals surface area contributed by atoms with Crippen molar-refractivity contribution >= 4 is 40.6 Å². The molecule has 10 heteroatoms. The Morgan fingerprint density at radius 1 is 1.17 bits per heavy atom. The molecule has 0 fully saturated rings. The van der Waals surface area contributed by atoms with Crippen LogP contribution in [0.25, 0.3) is 0 Å². The maximum Gasteiger partial charge on any atom is 0.253 e. The summed E-state index contributed by atoms with van der Waals surface area (Å²) in [6, 6.07) is 10.5. The second kappa shape index (κ2) is 12.1. The number of nitrogens with one attached hydrogen (secondary N) is 3. The molecule has 0 unspecified atom stereocenters. The predicted molar refractivity (Wildman–Crippen MR) is 140 cm³/mol. The number of carbonyl (C=O) groups excluding carboxylic acids is 1. The van der Waals surface area contributed by atoms with Crippen molar-refractivity contribution in [2.45, 2.75) is 19.8 Å². The quantitative estimate of drug-likeness (QED) is 0.387. The SMILES string of the molecule is CCNC(=O)c1cccc(F)c1Nc1nc(Nc2ccc3c(c2)CCN(CCOC)CC3)ncc1Cl. The molecule has 1 aliphatic heterocycles. The number of nitrogens with zero attached hydrogens (tertiary/aromatic N) is 3. The minimum atomic E-state index is -0.590. The number of hydrogen-bond donors (Lipinski definition) is 3. The van der Waals surface area contributed by atoms with Crippen LogP contribution in [0, 0.1) is 5.82 Å². The Bertz CT molecular complexity index is 1230. The molecule has 2 heterocycles. The Balaban J connectivity index is 1.52. The zero-order valence-electron chi connectivity index (χ0n) is 20.4. The molecule has 2 aromatic carbocycles. The van der Waals surface area contributed by atoms with E-state index < -0.39 is 11.7 Å². The van der Waals surface area contributed by atoms with Crippen LogP contribution < -0.4 is 16.0 Å². The number of amides is 1. The average Bonchev–Trinajstić information content (AvgIpc) is 3.08. The first-order chi connectivity index (χ1) is 17.5. The fourth-order valence-corrected chi connectivity index (χ4v) is 4.29. The zero-order valence-corrected chi connectivity index (χ0v) is 21.2. The molecule has 0 saturated carbocycles. The van der Waals surface area contributed by atoms with Crippen molar-refractivity contribution in [3.8, 4) is 0 Å². The Labute approximate surface area is 215 Å². The molecule has 0 atom stereocenters. The first-order valence-corrected chi connectivity index (χ1v) is 12.3. The molecule has 8 nitrogen and oxygen atoms in total. The van der Waals surface area contributed by atoms with Gasteiger partial charge in [0.15, 0.2) is 5.82 Å². The van der Waals surface area contributed by atoms with Gasteiger partial charge in [-0.05, 0) is 55.2 Å². The van der Waals surface area contributed by atoms with Crippen LogP contribution in [0.2, 0.25) is 5.02 Å². The smallest absolute Gasteiger partial charge is 0.253 e. The summed E-state index contributed by atoms with van der Waals surface area (Å²) in [5.41, 5.74) is 3.62. The van der Waals surface area contributed by atoms with Crippen molar-refractivity contribution in [2.24, 2.45) is 0 Å². The van der Waals surface area contributed by atoms with Gasteiger partial charge in [-0.25, -0.2) is 9.37 Å². The fourth-order valence-electron chi connectivity index (χ4n) is 4.15. The third-order valence-corrected chi connectivity index (χ3v) is 6.33. The molecule has 0 saturated heterocycles. The fraction of sp³-hybridized carbons (Fsp3) is 0.346. The van der Waals surface area contributed by atoms with E-state index in [0.717, 1.165) is 44.8 Å². The number of aromatic nitrogens is 2. The third-order valence-electron chi connectivity index (χ3n) is 6.05. The minimum Gasteiger partial charge on any atom is -0.383 e. The summed E-state index contributed by atoms with van der Waals surface area (Å²) in [6.07, 6.45) is 3.36. The summed E-state index contributed by atoms with van der Waals surface area (Å²) < 4.78 is 19.9. The van der Waals surface area contributed by atoms with E-state index in [1.807, 2.05) is 6.07 Å². The topological polar surface area (TPSA) is 91.4 Å². The summed E-state index contributed by atoms with van der Waals surface area (Å²) in [4.78, 5) is 23.5. The number of hydrogen-bond acceptors (Lipinski definition) is 7. The molecule has 3 aromatic rings. The molecular weight excluding hydrogens is 483 g/mol. The summed E-state index contributed by atoms with van der Waals surface area (Å²) in [5, 5.41) is 8.98. The highest BCUT2D eigenvalue weighted by Gasteiger charge is 2.18. The number of anilines is 4. The van der Waals surface area contributed by atoms with E-state index in [9.17, 15) is 9.18 Å². The Hall–Kier alpha value is -3.27. The molecule has 36 heavy (non-hydrogen) atoms. The number of carbonyl (C=O) groups is 1. The highest BCUT2D eigenvalue weighted by Crippen LogP contribution is 2.29. The lowest BCUT2D eigenvalue weighted by Gasteiger charge is -2.18. The molecule has 0 bridgehead atoms. The van der Waals surface area contributed by atoms with Gasteiger partial charge < -0.3 is 25.6 Å². The van der Waals surface area contributed by atoms with Gasteiger partial charge in [0.05, 0.1) is 24.1 Å². The number of para-hydroxylation sites is 1. The maximum absolute atomic E-state index is 14.7. The van der Waals surface area contributed by atoms with E-state index in [1.165, 1.54) is 35.5 Å². The Morgan fingerprint density at radius 3 is 2.75 bits per heavy atom. The van der Waals surface area contributed by atoms with Gasteiger partial charge in [0.1, 0.15) is 10.8 Å². The molecule has 0 radical (unpaired) electrons.